The number of aliphatic carboxylic acids is 1. The van der Waals surface area contributed by atoms with E-state index in [1.54, 1.807) is 0 Å². The molecule has 2 N–H and O–H groups in total. The van der Waals surface area contributed by atoms with E-state index in [1.165, 1.54) is 5.56 Å². The number of nitrogens with one attached hydrogen (secondary N) is 1. The van der Waals surface area contributed by atoms with Gasteiger partial charge in [0.1, 0.15) is 5.82 Å². The molecule has 0 aliphatic carbocycles. The number of rotatable bonds is 6. The van der Waals surface area contributed by atoms with Crippen LogP contribution >= 0.6 is 0 Å². The van der Waals surface area contributed by atoms with Crippen molar-refractivity contribution >= 4 is 5.97 Å². The van der Waals surface area contributed by atoms with Crippen LogP contribution in [0.5, 0.6) is 0 Å². The number of aromatic nitrogens is 3. The molecule has 1 heterocycles. The first kappa shape index (κ1) is 15.2. The van der Waals surface area contributed by atoms with Gasteiger partial charge < -0.3 is 10.0 Å². The molecule has 0 unspecified atom stereocenters. The highest BCUT2D eigenvalue weighted by Crippen LogP contribution is 2.21. The van der Waals surface area contributed by atoms with Crippen LogP contribution < -0.4 is 0 Å². The molecule has 1 aromatic carbocycles. The minimum Gasteiger partial charge on any atom is -0.481 e. The maximum absolute atomic E-state index is 10.5. The highest BCUT2D eigenvalue weighted by molar-refractivity contribution is 5.66. The maximum atomic E-state index is 10.5. The number of hydrogen-bond acceptors (Lipinski definition) is 4. The van der Waals surface area contributed by atoms with Gasteiger partial charge in [-0.15, -0.1) is 0 Å². The number of hydrogen-bond donors (Lipinski definition) is 2. The largest absolute Gasteiger partial charge is 0.481 e. The number of carboxylic acids is 1. The lowest BCUT2D eigenvalue weighted by atomic mass is 10.1. The first-order valence-electron chi connectivity index (χ1n) is 6.87. The summed E-state index contributed by atoms with van der Waals surface area (Å²) in [6, 6.07) is 8.44. The minimum absolute atomic E-state index is 0.0495. The van der Waals surface area contributed by atoms with Crippen LogP contribution in [-0.2, 0) is 11.2 Å². The van der Waals surface area contributed by atoms with Crippen LogP contribution in [0.1, 0.15) is 30.8 Å². The lowest BCUT2D eigenvalue weighted by Gasteiger charge is -2.20. The lowest BCUT2D eigenvalue weighted by molar-refractivity contribution is -0.137. The molecule has 0 fully saturated rings. The lowest BCUT2D eigenvalue weighted by Crippen LogP contribution is -2.16. The second-order valence-corrected chi connectivity index (χ2v) is 5.26. The third-order valence-electron chi connectivity index (χ3n) is 3.53. The van der Waals surface area contributed by atoms with E-state index in [-0.39, 0.29) is 6.42 Å². The SMILES string of the molecule is C[C@H](c1ccc(-c2n[nH]c(CCC(=O)O)n2)cc1)N(C)C. The molecule has 1 aromatic heterocycles. The highest BCUT2D eigenvalue weighted by atomic mass is 16.4. The topological polar surface area (TPSA) is 82.1 Å². The summed E-state index contributed by atoms with van der Waals surface area (Å²) < 4.78 is 0. The number of benzene rings is 1. The normalized spacial score (nSPS) is 12.6. The molecule has 0 spiro atoms. The van der Waals surface area contributed by atoms with Crippen molar-refractivity contribution in [3.63, 3.8) is 0 Å². The zero-order valence-corrected chi connectivity index (χ0v) is 12.5. The molecule has 0 bridgehead atoms. The molecule has 2 rings (SSSR count). The Hall–Kier alpha value is -2.21. The molecule has 6 nitrogen and oxygen atoms in total. The monoisotopic (exact) mass is 288 g/mol. The molecule has 6 heteroatoms. The van der Waals surface area contributed by atoms with E-state index in [4.69, 9.17) is 5.11 Å². The van der Waals surface area contributed by atoms with Crippen LogP contribution in [0.2, 0.25) is 0 Å². The predicted molar refractivity (Wildman–Crippen MR) is 79.9 cm³/mol. The molecule has 0 amide bonds. The molecule has 2 aromatic rings. The molecule has 1 atom stereocenters. The quantitative estimate of drug-likeness (QED) is 0.850. The Morgan fingerprint density at radius 3 is 2.57 bits per heavy atom. The molecule has 0 saturated carbocycles. The summed E-state index contributed by atoms with van der Waals surface area (Å²) in [7, 11) is 4.09. The summed E-state index contributed by atoms with van der Waals surface area (Å²) in [5, 5.41) is 15.6. The van der Waals surface area contributed by atoms with Crippen molar-refractivity contribution in [2.45, 2.75) is 25.8 Å². The Labute approximate surface area is 123 Å². The maximum Gasteiger partial charge on any atom is 0.303 e. The summed E-state index contributed by atoms with van der Waals surface area (Å²) in [6.07, 6.45) is 0.409. The third kappa shape index (κ3) is 3.88. The standard InChI is InChI=1S/C15H20N4O2/c1-10(19(2)3)11-4-6-12(7-5-11)15-16-13(17-18-15)8-9-14(20)21/h4-7,10H,8-9H2,1-3H3,(H,20,21)(H,16,17,18)/t10-/m1/s1. The van der Waals surface area contributed by atoms with Gasteiger partial charge in [-0.1, -0.05) is 24.3 Å². The number of carboxylic acid groups (broad SMARTS) is 1. The fourth-order valence-corrected chi connectivity index (χ4v) is 1.97. The van der Waals surface area contributed by atoms with E-state index in [2.05, 4.69) is 39.1 Å². The van der Waals surface area contributed by atoms with Gasteiger partial charge in [0, 0.05) is 18.0 Å². The van der Waals surface area contributed by atoms with Crippen molar-refractivity contribution in [2.24, 2.45) is 0 Å². The van der Waals surface area contributed by atoms with Gasteiger partial charge in [0.25, 0.3) is 0 Å². The van der Waals surface area contributed by atoms with Gasteiger partial charge in [0.15, 0.2) is 5.82 Å². The van der Waals surface area contributed by atoms with E-state index in [1.807, 2.05) is 26.2 Å². The first-order valence-corrected chi connectivity index (χ1v) is 6.87. The highest BCUT2D eigenvalue weighted by Gasteiger charge is 2.10. The molecular weight excluding hydrogens is 268 g/mol. The van der Waals surface area contributed by atoms with Crippen molar-refractivity contribution in [1.82, 2.24) is 20.1 Å². The fraction of sp³-hybridized carbons (Fsp3) is 0.400. The summed E-state index contributed by atoms with van der Waals surface area (Å²) in [5.41, 5.74) is 2.15. The van der Waals surface area contributed by atoms with Crippen LogP contribution in [0.25, 0.3) is 11.4 Å². The zero-order chi connectivity index (χ0) is 15.4. The van der Waals surface area contributed by atoms with Crippen molar-refractivity contribution in [3.8, 4) is 11.4 Å². The molecule has 0 saturated heterocycles. The average Bonchev–Trinajstić information content (AvgIpc) is 2.93. The Morgan fingerprint density at radius 2 is 2.00 bits per heavy atom. The van der Waals surface area contributed by atoms with E-state index >= 15 is 0 Å². The predicted octanol–water partition coefficient (Wildman–Crippen LogP) is 2.11. The van der Waals surface area contributed by atoms with Crippen molar-refractivity contribution in [1.29, 1.82) is 0 Å². The Balaban J connectivity index is 2.10. The van der Waals surface area contributed by atoms with Crippen LogP contribution in [0, 0.1) is 0 Å². The summed E-state index contributed by atoms with van der Waals surface area (Å²) in [4.78, 5) is 17.0. The van der Waals surface area contributed by atoms with E-state index in [9.17, 15) is 4.79 Å². The number of H-pyrrole nitrogens is 1. The van der Waals surface area contributed by atoms with Gasteiger partial charge in [0.2, 0.25) is 0 Å². The van der Waals surface area contributed by atoms with Gasteiger partial charge >= 0.3 is 5.97 Å². The van der Waals surface area contributed by atoms with Gasteiger partial charge in [-0.05, 0) is 26.6 Å². The smallest absolute Gasteiger partial charge is 0.303 e. The number of carbonyl (C=O) groups is 1. The average molecular weight is 288 g/mol. The van der Waals surface area contributed by atoms with E-state index in [0.717, 1.165) is 5.56 Å². The van der Waals surface area contributed by atoms with Crippen LogP contribution in [-0.4, -0.2) is 45.3 Å². The molecule has 0 aliphatic rings. The number of aromatic amines is 1. The van der Waals surface area contributed by atoms with Crippen molar-refractivity contribution < 1.29 is 9.90 Å². The fourth-order valence-electron chi connectivity index (χ4n) is 1.97. The Kier molecular flexibility index (Phi) is 4.70. The number of aryl methyl sites for hydroxylation is 1. The zero-order valence-electron chi connectivity index (χ0n) is 12.5. The summed E-state index contributed by atoms with van der Waals surface area (Å²) in [6.45, 7) is 2.14. The number of nitrogens with zero attached hydrogens (tertiary/aromatic N) is 3. The molecule has 0 radical (unpaired) electrons. The third-order valence-corrected chi connectivity index (χ3v) is 3.53. The molecular formula is C15H20N4O2. The van der Waals surface area contributed by atoms with Gasteiger partial charge in [0.05, 0.1) is 6.42 Å². The second kappa shape index (κ2) is 6.49. The van der Waals surface area contributed by atoms with Crippen LogP contribution in [0.4, 0.5) is 0 Å². The second-order valence-electron chi connectivity index (χ2n) is 5.26. The minimum atomic E-state index is -0.838. The summed E-state index contributed by atoms with van der Waals surface area (Å²) in [5.74, 6) is 0.354. The van der Waals surface area contributed by atoms with E-state index in [0.29, 0.717) is 24.1 Å². The van der Waals surface area contributed by atoms with Crippen molar-refractivity contribution in [2.75, 3.05) is 14.1 Å². The Bertz CT molecular complexity index is 604. The van der Waals surface area contributed by atoms with Crippen molar-refractivity contribution in [3.05, 3.63) is 35.7 Å². The molecule has 0 aliphatic heterocycles. The Morgan fingerprint density at radius 1 is 1.33 bits per heavy atom. The molecule has 21 heavy (non-hydrogen) atoms. The van der Waals surface area contributed by atoms with Gasteiger partial charge in [-0.2, -0.15) is 5.10 Å². The van der Waals surface area contributed by atoms with E-state index < -0.39 is 5.97 Å². The van der Waals surface area contributed by atoms with Crippen LogP contribution in [0.3, 0.4) is 0 Å². The first-order chi connectivity index (χ1) is 9.97. The van der Waals surface area contributed by atoms with Gasteiger partial charge in [-0.3, -0.25) is 9.89 Å². The molecule has 112 valence electrons. The van der Waals surface area contributed by atoms with Gasteiger partial charge in [-0.25, -0.2) is 4.98 Å². The summed E-state index contributed by atoms with van der Waals surface area (Å²) >= 11 is 0. The van der Waals surface area contributed by atoms with Crippen LogP contribution in [0.15, 0.2) is 24.3 Å².